The lowest BCUT2D eigenvalue weighted by atomic mass is 10.2. The largest absolute Gasteiger partial charge is 0.497 e. The first-order chi connectivity index (χ1) is 14.6. The van der Waals surface area contributed by atoms with Crippen molar-refractivity contribution < 1.29 is 9.53 Å². The maximum atomic E-state index is 12.9. The van der Waals surface area contributed by atoms with Gasteiger partial charge in [0, 0.05) is 25.4 Å². The zero-order valence-corrected chi connectivity index (χ0v) is 19.0. The molecule has 1 aromatic carbocycles. The third kappa shape index (κ3) is 4.20. The summed E-state index contributed by atoms with van der Waals surface area (Å²) in [5.74, 6) is 0.572. The van der Waals surface area contributed by atoms with Gasteiger partial charge in [-0.3, -0.25) is 14.2 Å². The highest BCUT2D eigenvalue weighted by molar-refractivity contribution is 14.1. The molecule has 3 aromatic rings. The van der Waals surface area contributed by atoms with E-state index in [-0.39, 0.29) is 5.91 Å². The molecule has 0 radical (unpaired) electrons. The molecule has 0 fully saturated rings. The van der Waals surface area contributed by atoms with Crippen LogP contribution in [0, 0.1) is 0 Å². The smallest absolute Gasteiger partial charge is 0.270 e. The van der Waals surface area contributed by atoms with E-state index in [1.165, 1.54) is 0 Å². The van der Waals surface area contributed by atoms with Gasteiger partial charge in [-0.25, -0.2) is 4.98 Å². The van der Waals surface area contributed by atoms with Gasteiger partial charge in [0.2, 0.25) is 0 Å². The van der Waals surface area contributed by atoms with E-state index in [2.05, 4.69) is 38.3 Å². The summed E-state index contributed by atoms with van der Waals surface area (Å²) >= 11 is 2.23. The third-order valence-corrected chi connectivity index (χ3v) is 5.72. The number of amides is 1. The molecule has 30 heavy (non-hydrogen) atoms. The maximum absolute atomic E-state index is 12.9. The van der Waals surface area contributed by atoms with Crippen molar-refractivity contribution in [3.63, 3.8) is 0 Å². The number of pyridine rings is 1. The second kappa shape index (κ2) is 8.90. The normalized spacial score (nSPS) is 13.7. The average molecular weight is 518 g/mol. The summed E-state index contributed by atoms with van der Waals surface area (Å²) in [4.78, 5) is 17.5. The number of carbonyl (C=O) groups excluding carboxylic acids is 1. The molecular formula is C21H23IN6O2. The van der Waals surface area contributed by atoms with Gasteiger partial charge in [-0.2, -0.15) is 5.10 Å². The number of ether oxygens (including phenoxy) is 1. The van der Waals surface area contributed by atoms with Crippen molar-refractivity contribution in [3.05, 3.63) is 59.5 Å². The summed E-state index contributed by atoms with van der Waals surface area (Å²) in [5, 5.41) is 9.41. The Morgan fingerprint density at radius 2 is 2.03 bits per heavy atom. The first-order valence-electron chi connectivity index (χ1n) is 9.75. The Morgan fingerprint density at radius 1 is 1.23 bits per heavy atom. The van der Waals surface area contributed by atoms with Gasteiger partial charge in [0.05, 0.1) is 47.9 Å². The average Bonchev–Trinajstić information content (AvgIpc) is 3.16. The molecule has 1 amide bonds. The van der Waals surface area contributed by atoms with Crippen LogP contribution in [-0.2, 0) is 13.0 Å². The maximum Gasteiger partial charge on any atom is 0.270 e. The summed E-state index contributed by atoms with van der Waals surface area (Å²) in [6.07, 6.45) is 4.31. The molecule has 156 valence electrons. The number of imidazole rings is 1. The number of hydrogen-bond donors (Lipinski definition) is 1. The minimum atomic E-state index is -0.142. The van der Waals surface area contributed by atoms with Crippen molar-refractivity contribution >= 4 is 46.4 Å². The molecule has 0 atom stereocenters. The standard InChI is InChI=1S/C21H23IN6O2/c1-3-18-20(27-9-8-17(30-2)12-19(27)25-18)21(29)23-13-15-4-6-16(7-5-15)28-11-10-26(22)14-24-28/h4-9,12,14H,3,10-11,13H2,1-2H3,(H,23,29). The van der Waals surface area contributed by atoms with Crippen LogP contribution in [0.1, 0.15) is 28.7 Å². The van der Waals surface area contributed by atoms with Crippen molar-refractivity contribution in [3.8, 4) is 5.75 Å². The fourth-order valence-electron chi connectivity index (χ4n) is 3.36. The van der Waals surface area contributed by atoms with Crippen molar-refractivity contribution in [2.45, 2.75) is 19.9 Å². The second-order valence-electron chi connectivity index (χ2n) is 6.88. The van der Waals surface area contributed by atoms with Gasteiger partial charge >= 0.3 is 0 Å². The zero-order chi connectivity index (χ0) is 21.1. The van der Waals surface area contributed by atoms with E-state index in [0.717, 1.165) is 30.0 Å². The second-order valence-corrected chi connectivity index (χ2v) is 8.12. The lowest BCUT2D eigenvalue weighted by Gasteiger charge is -2.26. The number of aromatic nitrogens is 2. The number of fused-ring (bicyclic) bond motifs is 1. The number of methoxy groups -OCH3 is 1. The van der Waals surface area contributed by atoms with E-state index in [9.17, 15) is 4.79 Å². The number of halogens is 1. The molecule has 0 unspecified atom stereocenters. The Kier molecular flexibility index (Phi) is 6.07. The highest BCUT2D eigenvalue weighted by Gasteiger charge is 2.18. The molecule has 4 rings (SSSR count). The molecule has 8 nitrogen and oxygen atoms in total. The lowest BCUT2D eigenvalue weighted by Crippen LogP contribution is -2.32. The van der Waals surface area contributed by atoms with Gasteiger partial charge in [0.25, 0.3) is 5.91 Å². The first kappa shape index (κ1) is 20.5. The molecule has 0 bridgehead atoms. The van der Waals surface area contributed by atoms with E-state index >= 15 is 0 Å². The summed E-state index contributed by atoms with van der Waals surface area (Å²) in [5.41, 5.74) is 4.10. The minimum absolute atomic E-state index is 0.142. The molecule has 0 saturated carbocycles. The van der Waals surface area contributed by atoms with E-state index in [0.29, 0.717) is 30.1 Å². The highest BCUT2D eigenvalue weighted by Crippen LogP contribution is 2.20. The number of benzene rings is 1. The van der Waals surface area contributed by atoms with Gasteiger partial charge in [0.1, 0.15) is 23.4 Å². The van der Waals surface area contributed by atoms with Crippen molar-refractivity contribution in [1.82, 2.24) is 17.8 Å². The van der Waals surface area contributed by atoms with Crippen LogP contribution >= 0.6 is 22.9 Å². The number of aryl methyl sites for hydroxylation is 1. The highest BCUT2D eigenvalue weighted by atomic mass is 127. The summed E-state index contributed by atoms with van der Waals surface area (Å²) in [6, 6.07) is 11.7. The summed E-state index contributed by atoms with van der Waals surface area (Å²) in [7, 11) is 1.62. The monoisotopic (exact) mass is 518 g/mol. The number of hydrazone groups is 1. The number of nitrogens with one attached hydrogen (secondary N) is 1. The van der Waals surface area contributed by atoms with Crippen molar-refractivity contribution in [1.29, 1.82) is 0 Å². The van der Waals surface area contributed by atoms with Gasteiger partial charge in [-0.15, -0.1) is 0 Å². The lowest BCUT2D eigenvalue weighted by molar-refractivity contribution is 0.0944. The van der Waals surface area contributed by atoms with E-state index < -0.39 is 0 Å². The SMILES string of the molecule is CCc1nc2cc(OC)ccn2c1C(=O)NCc1ccc(N2CCN(I)C=N2)cc1. The Bertz CT molecular complexity index is 1080. The quantitative estimate of drug-likeness (QED) is 0.401. The van der Waals surface area contributed by atoms with Crippen LogP contribution in [0.4, 0.5) is 5.69 Å². The van der Waals surface area contributed by atoms with Crippen LogP contribution in [0.15, 0.2) is 47.7 Å². The third-order valence-electron chi connectivity index (χ3n) is 4.98. The molecule has 0 saturated heterocycles. The Balaban J connectivity index is 1.46. The van der Waals surface area contributed by atoms with Gasteiger partial charge in [-0.05, 0) is 30.2 Å². The fraction of sp³-hybridized carbons (Fsp3) is 0.286. The molecule has 3 heterocycles. The van der Waals surface area contributed by atoms with E-state index in [1.807, 2.05) is 68.4 Å². The first-order valence-corrected chi connectivity index (χ1v) is 10.7. The molecule has 1 aliphatic heterocycles. The molecular weight excluding hydrogens is 495 g/mol. The Hall–Kier alpha value is -2.82. The topological polar surface area (TPSA) is 74.5 Å². The number of hydrogen-bond acceptors (Lipinski definition) is 6. The summed E-state index contributed by atoms with van der Waals surface area (Å²) in [6.45, 7) is 4.20. The molecule has 0 spiro atoms. The van der Waals surface area contributed by atoms with Crippen molar-refractivity contribution in [2.75, 3.05) is 25.2 Å². The van der Waals surface area contributed by atoms with Crippen LogP contribution in [0.5, 0.6) is 5.75 Å². The molecule has 2 aromatic heterocycles. The van der Waals surface area contributed by atoms with E-state index in [1.54, 1.807) is 7.11 Å². The number of carbonyl (C=O) groups is 1. The van der Waals surface area contributed by atoms with Gasteiger partial charge in [-0.1, -0.05) is 19.1 Å². The number of nitrogens with zero attached hydrogens (tertiary/aromatic N) is 5. The van der Waals surface area contributed by atoms with Crippen LogP contribution in [-0.4, -0.2) is 44.9 Å². The Labute approximate surface area is 189 Å². The van der Waals surface area contributed by atoms with Crippen LogP contribution in [0.3, 0.4) is 0 Å². The predicted octanol–water partition coefficient (Wildman–Crippen LogP) is 3.25. The molecule has 0 aliphatic carbocycles. The van der Waals surface area contributed by atoms with Crippen molar-refractivity contribution in [2.24, 2.45) is 5.10 Å². The fourth-order valence-corrected chi connectivity index (χ4v) is 3.69. The molecule has 1 N–H and O–H groups in total. The minimum Gasteiger partial charge on any atom is -0.497 e. The van der Waals surface area contributed by atoms with Gasteiger partial charge < -0.3 is 13.2 Å². The van der Waals surface area contributed by atoms with E-state index in [4.69, 9.17) is 4.74 Å². The Morgan fingerprint density at radius 3 is 2.70 bits per heavy atom. The summed E-state index contributed by atoms with van der Waals surface area (Å²) < 4.78 is 9.10. The van der Waals surface area contributed by atoms with Gasteiger partial charge in [0.15, 0.2) is 0 Å². The molecule has 9 heteroatoms. The van der Waals surface area contributed by atoms with Crippen LogP contribution in [0.25, 0.3) is 5.65 Å². The number of anilines is 1. The zero-order valence-electron chi connectivity index (χ0n) is 16.9. The molecule has 1 aliphatic rings. The predicted molar refractivity (Wildman–Crippen MR) is 125 cm³/mol. The van der Waals surface area contributed by atoms with Crippen LogP contribution in [0.2, 0.25) is 0 Å². The number of rotatable bonds is 6. The van der Waals surface area contributed by atoms with Crippen LogP contribution < -0.4 is 15.1 Å².